The van der Waals surface area contributed by atoms with E-state index in [4.69, 9.17) is 0 Å². The molecule has 0 radical (unpaired) electrons. The largest absolute Gasteiger partial charge is 0.351 e. The van der Waals surface area contributed by atoms with Gasteiger partial charge in [-0.05, 0) is 37.1 Å². The van der Waals surface area contributed by atoms with Gasteiger partial charge < -0.3 is 10.2 Å². The van der Waals surface area contributed by atoms with Gasteiger partial charge in [-0.1, -0.05) is 18.2 Å². The number of amides is 1. The molecule has 0 aliphatic carbocycles. The lowest BCUT2D eigenvalue weighted by Crippen LogP contribution is -2.27. The second kappa shape index (κ2) is 7.91. The number of pyridine rings is 1. The highest BCUT2D eigenvalue weighted by Crippen LogP contribution is 2.42. The molecular weight excluding hydrogens is 430 g/mol. The van der Waals surface area contributed by atoms with Crippen LogP contribution in [0.25, 0.3) is 22.1 Å². The second-order valence-electron chi connectivity index (χ2n) is 8.52. The molecule has 34 heavy (non-hydrogen) atoms. The highest BCUT2D eigenvalue weighted by molar-refractivity contribution is 5.94. The fourth-order valence-corrected chi connectivity index (χ4v) is 4.79. The monoisotopic (exact) mass is 453 g/mol. The van der Waals surface area contributed by atoms with Crippen molar-refractivity contribution in [1.82, 2.24) is 40.2 Å². The number of benzene rings is 1. The molecule has 1 aromatic carbocycles. The molecule has 170 valence electrons. The summed E-state index contributed by atoms with van der Waals surface area (Å²) in [6.07, 6.45) is 4.11. The quantitative estimate of drug-likeness (QED) is 0.420. The fraction of sp³-hybridized carbons (Fsp3) is 0.250. The van der Waals surface area contributed by atoms with Crippen molar-refractivity contribution in [3.8, 4) is 0 Å². The molecule has 0 saturated heterocycles. The first-order valence-electron chi connectivity index (χ1n) is 11.2. The molecule has 4 aromatic heterocycles. The van der Waals surface area contributed by atoms with E-state index in [1.54, 1.807) is 23.3 Å². The van der Waals surface area contributed by atoms with Gasteiger partial charge in [-0.3, -0.25) is 14.6 Å². The van der Waals surface area contributed by atoms with Crippen molar-refractivity contribution in [2.24, 2.45) is 7.05 Å². The molecule has 10 heteroatoms. The summed E-state index contributed by atoms with van der Waals surface area (Å²) in [7, 11) is 1.84. The van der Waals surface area contributed by atoms with E-state index in [1.165, 1.54) is 5.56 Å². The zero-order valence-corrected chi connectivity index (χ0v) is 18.9. The molecule has 6 rings (SSSR count). The van der Waals surface area contributed by atoms with Crippen LogP contribution in [0.5, 0.6) is 0 Å². The van der Waals surface area contributed by atoms with E-state index in [0.717, 1.165) is 40.9 Å². The number of anilines is 2. The van der Waals surface area contributed by atoms with Crippen LogP contribution in [-0.4, -0.2) is 53.9 Å². The Morgan fingerprint density at radius 2 is 2.06 bits per heavy atom. The van der Waals surface area contributed by atoms with Gasteiger partial charge in [0.2, 0.25) is 0 Å². The summed E-state index contributed by atoms with van der Waals surface area (Å²) in [6.45, 7) is 3.25. The first kappa shape index (κ1) is 20.3. The highest BCUT2D eigenvalue weighted by Gasteiger charge is 2.31. The minimum absolute atomic E-state index is 0.181. The number of carbonyl (C=O) groups is 1. The summed E-state index contributed by atoms with van der Waals surface area (Å²) in [5.74, 6) is 0.907. The Morgan fingerprint density at radius 3 is 2.97 bits per heavy atom. The van der Waals surface area contributed by atoms with Crippen LogP contribution in [0.4, 0.5) is 11.5 Å². The molecule has 5 aromatic rings. The summed E-state index contributed by atoms with van der Waals surface area (Å²) in [5.41, 5.74) is 5.09. The third-order valence-electron chi connectivity index (χ3n) is 6.44. The molecule has 1 aliphatic heterocycles. The van der Waals surface area contributed by atoms with Crippen LogP contribution in [-0.2, 0) is 7.05 Å². The normalized spacial score (nSPS) is 15.2. The third kappa shape index (κ3) is 3.26. The summed E-state index contributed by atoms with van der Waals surface area (Å²) < 4.78 is 1.70. The molecule has 1 unspecified atom stereocenters. The maximum Gasteiger partial charge on any atom is 0.269 e. The van der Waals surface area contributed by atoms with Gasteiger partial charge in [0.25, 0.3) is 5.91 Å². The van der Waals surface area contributed by atoms with Crippen molar-refractivity contribution in [2.75, 3.05) is 18.0 Å². The van der Waals surface area contributed by atoms with Gasteiger partial charge in [0.1, 0.15) is 17.8 Å². The van der Waals surface area contributed by atoms with E-state index >= 15 is 0 Å². The Balaban J connectivity index is 1.19. The molecule has 0 fully saturated rings. The summed E-state index contributed by atoms with van der Waals surface area (Å²) >= 11 is 0. The number of aromatic nitrogens is 7. The van der Waals surface area contributed by atoms with E-state index in [2.05, 4.69) is 58.7 Å². The molecule has 5 heterocycles. The molecule has 2 N–H and O–H groups in total. The first-order chi connectivity index (χ1) is 16.6. The molecule has 1 aliphatic rings. The number of fused-ring (bicyclic) bond motifs is 3. The van der Waals surface area contributed by atoms with Crippen LogP contribution in [0.15, 0.2) is 48.9 Å². The van der Waals surface area contributed by atoms with Crippen molar-refractivity contribution in [2.45, 2.75) is 19.3 Å². The first-order valence-corrected chi connectivity index (χ1v) is 11.2. The third-order valence-corrected chi connectivity index (χ3v) is 6.44. The molecule has 0 spiro atoms. The van der Waals surface area contributed by atoms with E-state index in [9.17, 15) is 4.79 Å². The smallest absolute Gasteiger partial charge is 0.269 e. The maximum atomic E-state index is 12.8. The summed E-state index contributed by atoms with van der Waals surface area (Å²) in [6, 6.07) is 12.0. The Kier molecular flexibility index (Phi) is 4.72. The van der Waals surface area contributed by atoms with E-state index in [-0.39, 0.29) is 11.8 Å². The Labute approximate surface area is 195 Å². The van der Waals surface area contributed by atoms with Gasteiger partial charge in [-0.15, -0.1) is 0 Å². The molecule has 0 saturated carbocycles. The lowest BCUT2D eigenvalue weighted by molar-refractivity contribution is 0.0948. The minimum atomic E-state index is -0.181. The van der Waals surface area contributed by atoms with Crippen LogP contribution in [0, 0.1) is 6.92 Å². The SMILES string of the molecule is Cc1nn(C)c2nc(C(=O)NCCC3CN(c4ncnc5[nH]ncc45)c4ccccc43)ccc12. The van der Waals surface area contributed by atoms with Crippen molar-refractivity contribution in [1.29, 1.82) is 0 Å². The number of nitrogens with one attached hydrogen (secondary N) is 2. The molecular formula is C24H23N9O. The number of hydrogen-bond donors (Lipinski definition) is 2. The number of aryl methyl sites for hydroxylation is 2. The highest BCUT2D eigenvalue weighted by atomic mass is 16.1. The Morgan fingerprint density at radius 1 is 1.18 bits per heavy atom. The summed E-state index contributed by atoms with van der Waals surface area (Å²) in [5, 5.41) is 16.3. The predicted octanol–water partition coefficient (Wildman–Crippen LogP) is 3.00. The van der Waals surface area contributed by atoms with Gasteiger partial charge in [0.05, 0.1) is 17.3 Å². The molecule has 0 bridgehead atoms. The molecule has 10 nitrogen and oxygen atoms in total. The number of nitrogens with zero attached hydrogens (tertiary/aromatic N) is 7. The van der Waals surface area contributed by atoms with E-state index in [1.807, 2.05) is 26.1 Å². The minimum Gasteiger partial charge on any atom is -0.351 e. The average molecular weight is 454 g/mol. The number of hydrogen-bond acceptors (Lipinski definition) is 7. The number of aromatic amines is 1. The van der Waals surface area contributed by atoms with Gasteiger partial charge in [0.15, 0.2) is 11.3 Å². The Hall–Kier alpha value is -4.34. The van der Waals surface area contributed by atoms with Crippen molar-refractivity contribution >= 4 is 39.5 Å². The second-order valence-corrected chi connectivity index (χ2v) is 8.52. The lowest BCUT2D eigenvalue weighted by atomic mass is 9.98. The van der Waals surface area contributed by atoms with Crippen molar-refractivity contribution in [3.63, 3.8) is 0 Å². The van der Waals surface area contributed by atoms with Crippen LogP contribution < -0.4 is 10.2 Å². The lowest BCUT2D eigenvalue weighted by Gasteiger charge is -2.19. The zero-order chi connectivity index (χ0) is 23.2. The molecule has 1 amide bonds. The number of rotatable bonds is 5. The van der Waals surface area contributed by atoms with Gasteiger partial charge in [-0.2, -0.15) is 10.2 Å². The predicted molar refractivity (Wildman–Crippen MR) is 128 cm³/mol. The average Bonchev–Trinajstić information content (AvgIpc) is 3.55. The van der Waals surface area contributed by atoms with E-state index < -0.39 is 0 Å². The number of carbonyl (C=O) groups excluding carboxylic acids is 1. The summed E-state index contributed by atoms with van der Waals surface area (Å²) in [4.78, 5) is 28.3. The number of H-pyrrole nitrogens is 1. The van der Waals surface area contributed by atoms with Gasteiger partial charge in [-0.25, -0.2) is 15.0 Å². The van der Waals surface area contributed by atoms with Crippen LogP contribution in [0.1, 0.15) is 34.1 Å². The van der Waals surface area contributed by atoms with Crippen LogP contribution in [0.2, 0.25) is 0 Å². The topological polar surface area (TPSA) is 118 Å². The molecule has 1 atom stereocenters. The number of para-hydroxylation sites is 1. The van der Waals surface area contributed by atoms with Gasteiger partial charge in [0, 0.05) is 37.1 Å². The van der Waals surface area contributed by atoms with Crippen molar-refractivity contribution in [3.05, 3.63) is 65.9 Å². The zero-order valence-electron chi connectivity index (χ0n) is 18.9. The van der Waals surface area contributed by atoms with Gasteiger partial charge >= 0.3 is 0 Å². The fourth-order valence-electron chi connectivity index (χ4n) is 4.79. The standard InChI is InChI=1S/C24H23N9O/c1-14-16-7-8-19(29-23(16)32(2)31-14)24(34)25-10-9-15-12-33(20-6-4-3-5-17(15)20)22-18-11-28-30-21(18)26-13-27-22/h3-8,11,13,15H,9-10,12H2,1-2H3,(H,25,34)(H,26,27,28,30). The maximum absolute atomic E-state index is 12.8. The van der Waals surface area contributed by atoms with Crippen molar-refractivity contribution < 1.29 is 4.79 Å². The van der Waals surface area contributed by atoms with Crippen LogP contribution >= 0.6 is 0 Å². The van der Waals surface area contributed by atoms with Crippen LogP contribution in [0.3, 0.4) is 0 Å². The van der Waals surface area contributed by atoms with E-state index in [0.29, 0.717) is 23.5 Å². The Bertz CT molecular complexity index is 1540.